The summed E-state index contributed by atoms with van der Waals surface area (Å²) in [5.41, 5.74) is 0. The second kappa shape index (κ2) is 4.06. The predicted molar refractivity (Wildman–Crippen MR) is 29.1 cm³/mol. The van der Waals surface area contributed by atoms with Crippen LogP contribution in [0.1, 0.15) is 13.3 Å². The smallest absolute Gasteiger partial charge is 0.112 e. The van der Waals surface area contributed by atoms with Crippen molar-refractivity contribution in [3.8, 4) is 0 Å². The largest absolute Gasteiger partial charge is 0.317 e. The Morgan fingerprint density at radius 2 is 2.29 bits per heavy atom. The maximum Gasteiger partial charge on any atom is 0.112 e. The normalized spacial score (nSPS) is 14.1. The Bertz CT molecular complexity index is 39.1. The van der Waals surface area contributed by atoms with Crippen molar-refractivity contribution in [3.05, 3.63) is 0 Å². The first-order valence-electron chi connectivity index (χ1n) is 2.60. The van der Waals surface area contributed by atoms with Gasteiger partial charge in [0.25, 0.3) is 0 Å². The van der Waals surface area contributed by atoms with E-state index in [0.29, 0.717) is 13.0 Å². The van der Waals surface area contributed by atoms with Crippen molar-refractivity contribution in [2.45, 2.75) is 19.5 Å². The third kappa shape index (κ3) is 3.73. The summed E-state index contributed by atoms with van der Waals surface area (Å²) in [5, 5.41) is 2.74. The van der Waals surface area contributed by atoms with Crippen LogP contribution in [0.5, 0.6) is 0 Å². The zero-order chi connectivity index (χ0) is 5.70. The lowest BCUT2D eigenvalue weighted by Gasteiger charge is -2.00. The van der Waals surface area contributed by atoms with Crippen LogP contribution in [-0.4, -0.2) is 19.8 Å². The first-order chi connectivity index (χ1) is 3.31. The van der Waals surface area contributed by atoms with Crippen LogP contribution in [0.15, 0.2) is 0 Å². The number of nitrogens with one attached hydrogen (secondary N) is 1. The summed E-state index contributed by atoms with van der Waals surface area (Å²) >= 11 is 0. The van der Waals surface area contributed by atoms with Gasteiger partial charge in [-0.15, -0.1) is 0 Å². The van der Waals surface area contributed by atoms with E-state index in [-0.39, 0.29) is 0 Å². The van der Waals surface area contributed by atoms with E-state index in [1.807, 2.05) is 6.92 Å². The summed E-state index contributed by atoms with van der Waals surface area (Å²) in [6, 6.07) is 0. The molecule has 0 aromatic rings. The minimum atomic E-state index is -0.662. The molecule has 2 heteroatoms. The van der Waals surface area contributed by atoms with Crippen LogP contribution in [0.3, 0.4) is 0 Å². The molecule has 0 radical (unpaired) electrons. The van der Waals surface area contributed by atoms with Gasteiger partial charge in [-0.3, -0.25) is 0 Å². The van der Waals surface area contributed by atoms with E-state index in [1.165, 1.54) is 0 Å². The van der Waals surface area contributed by atoms with Crippen molar-refractivity contribution in [3.63, 3.8) is 0 Å². The summed E-state index contributed by atoms with van der Waals surface area (Å²) in [5.74, 6) is 0. The molecule has 1 atom stereocenters. The van der Waals surface area contributed by atoms with Crippen LogP contribution >= 0.6 is 0 Å². The fourth-order valence-electron chi connectivity index (χ4n) is 0.366. The maximum atomic E-state index is 12.1. The number of hydrogen-bond acceptors (Lipinski definition) is 1. The van der Waals surface area contributed by atoms with E-state index >= 15 is 0 Å². The quantitative estimate of drug-likeness (QED) is 0.563. The molecule has 44 valence electrons. The molecule has 0 spiro atoms. The second-order valence-electron chi connectivity index (χ2n) is 1.56. The van der Waals surface area contributed by atoms with Crippen molar-refractivity contribution in [2.24, 2.45) is 0 Å². The van der Waals surface area contributed by atoms with Crippen molar-refractivity contribution in [2.75, 3.05) is 13.6 Å². The first-order valence-corrected chi connectivity index (χ1v) is 2.60. The van der Waals surface area contributed by atoms with Crippen molar-refractivity contribution in [1.29, 1.82) is 0 Å². The highest BCUT2D eigenvalue weighted by molar-refractivity contribution is 4.52. The van der Waals surface area contributed by atoms with Gasteiger partial charge in [-0.25, -0.2) is 4.39 Å². The van der Waals surface area contributed by atoms with Crippen LogP contribution < -0.4 is 5.32 Å². The topological polar surface area (TPSA) is 12.0 Å². The van der Waals surface area contributed by atoms with Gasteiger partial charge in [-0.05, 0) is 13.5 Å². The minimum absolute atomic E-state index is 0.483. The van der Waals surface area contributed by atoms with E-state index in [9.17, 15) is 4.39 Å². The zero-order valence-corrected chi connectivity index (χ0v) is 4.87. The molecule has 0 aliphatic carbocycles. The van der Waals surface area contributed by atoms with Crippen LogP contribution in [0.2, 0.25) is 0 Å². The van der Waals surface area contributed by atoms with Crippen molar-refractivity contribution < 1.29 is 4.39 Å². The van der Waals surface area contributed by atoms with Crippen molar-refractivity contribution >= 4 is 0 Å². The van der Waals surface area contributed by atoms with E-state index in [1.54, 1.807) is 7.05 Å². The molecular formula is C5H12FN. The first kappa shape index (κ1) is 6.89. The Morgan fingerprint density at radius 3 is 2.43 bits per heavy atom. The monoisotopic (exact) mass is 105 g/mol. The summed E-state index contributed by atoms with van der Waals surface area (Å²) in [6.45, 7) is 2.32. The summed E-state index contributed by atoms with van der Waals surface area (Å²) in [6.07, 6.45) is -0.0501. The Kier molecular flexibility index (Phi) is 4.00. The van der Waals surface area contributed by atoms with Gasteiger partial charge < -0.3 is 5.32 Å². The van der Waals surface area contributed by atoms with Gasteiger partial charge in [0.1, 0.15) is 6.17 Å². The van der Waals surface area contributed by atoms with E-state index < -0.39 is 6.17 Å². The standard InChI is InChI=1S/C5H12FN/c1-3-5(6)4-7-2/h5,7H,3-4H2,1-2H3. The third-order valence-corrected chi connectivity index (χ3v) is 0.869. The lowest BCUT2D eigenvalue weighted by atomic mass is 10.3. The lowest BCUT2D eigenvalue weighted by Crippen LogP contribution is -2.18. The van der Waals surface area contributed by atoms with Gasteiger partial charge in [0, 0.05) is 6.54 Å². The SMILES string of the molecule is CCC(F)CNC. The van der Waals surface area contributed by atoms with Crippen LogP contribution in [0.4, 0.5) is 4.39 Å². The summed E-state index contributed by atoms with van der Waals surface area (Å²) in [7, 11) is 1.75. The Labute approximate surface area is 43.9 Å². The maximum absolute atomic E-state index is 12.1. The molecule has 0 heterocycles. The molecule has 0 aliphatic rings. The predicted octanol–water partition coefficient (Wildman–Crippen LogP) is 0.954. The van der Waals surface area contributed by atoms with Gasteiger partial charge >= 0.3 is 0 Å². The molecule has 0 saturated heterocycles. The second-order valence-corrected chi connectivity index (χ2v) is 1.56. The molecule has 1 unspecified atom stereocenters. The molecule has 0 aliphatic heterocycles. The molecule has 0 aromatic carbocycles. The van der Waals surface area contributed by atoms with Gasteiger partial charge in [0.05, 0.1) is 0 Å². The van der Waals surface area contributed by atoms with Gasteiger partial charge in [-0.1, -0.05) is 6.92 Å². The Balaban J connectivity index is 2.83. The lowest BCUT2D eigenvalue weighted by molar-refractivity contribution is 0.317. The fourth-order valence-corrected chi connectivity index (χ4v) is 0.366. The summed E-state index contributed by atoms with van der Waals surface area (Å²) < 4.78 is 12.1. The Hall–Kier alpha value is -0.110. The molecule has 1 nitrogen and oxygen atoms in total. The number of hydrogen-bond donors (Lipinski definition) is 1. The molecule has 1 N–H and O–H groups in total. The van der Waals surface area contributed by atoms with Crippen LogP contribution in [0, 0.1) is 0 Å². The number of alkyl halides is 1. The number of halogens is 1. The average Bonchev–Trinajstić information content (AvgIpc) is 1.68. The highest BCUT2D eigenvalue weighted by Gasteiger charge is 1.97. The molecule has 0 saturated carbocycles. The average molecular weight is 105 g/mol. The zero-order valence-electron chi connectivity index (χ0n) is 4.87. The highest BCUT2D eigenvalue weighted by atomic mass is 19.1. The van der Waals surface area contributed by atoms with Gasteiger partial charge in [0.2, 0.25) is 0 Å². The van der Waals surface area contributed by atoms with Gasteiger partial charge in [-0.2, -0.15) is 0 Å². The molecule has 0 aromatic heterocycles. The third-order valence-electron chi connectivity index (χ3n) is 0.869. The van der Waals surface area contributed by atoms with Crippen LogP contribution in [-0.2, 0) is 0 Å². The minimum Gasteiger partial charge on any atom is -0.317 e. The molecule has 0 bridgehead atoms. The van der Waals surface area contributed by atoms with E-state index in [0.717, 1.165) is 0 Å². The van der Waals surface area contributed by atoms with Crippen molar-refractivity contribution in [1.82, 2.24) is 5.32 Å². The fraction of sp³-hybridized carbons (Fsp3) is 1.00. The molecule has 0 fully saturated rings. The molecule has 0 rings (SSSR count). The molecule has 7 heavy (non-hydrogen) atoms. The van der Waals surface area contributed by atoms with Crippen LogP contribution in [0.25, 0.3) is 0 Å². The Morgan fingerprint density at radius 1 is 1.71 bits per heavy atom. The highest BCUT2D eigenvalue weighted by Crippen LogP contribution is 1.91. The number of rotatable bonds is 3. The summed E-state index contributed by atoms with van der Waals surface area (Å²) in [4.78, 5) is 0. The van der Waals surface area contributed by atoms with Gasteiger partial charge in [0.15, 0.2) is 0 Å². The molecule has 0 amide bonds. The van der Waals surface area contributed by atoms with E-state index in [4.69, 9.17) is 0 Å². The molecular weight excluding hydrogens is 93.1 g/mol. The van der Waals surface area contributed by atoms with E-state index in [2.05, 4.69) is 5.32 Å².